The summed E-state index contributed by atoms with van der Waals surface area (Å²) in [6, 6.07) is 2.98. The smallest absolute Gasteiger partial charge is 0.338 e. The number of carbonyl (C=O) groups is 2. The monoisotopic (exact) mass is 341 g/mol. The Labute approximate surface area is 137 Å². The summed E-state index contributed by atoms with van der Waals surface area (Å²) in [5, 5.41) is 5.57. The van der Waals surface area contributed by atoms with Crippen LogP contribution in [0, 0.1) is 11.8 Å². The van der Waals surface area contributed by atoms with Crippen molar-refractivity contribution in [3.8, 4) is 0 Å². The van der Waals surface area contributed by atoms with E-state index in [9.17, 15) is 22.8 Å². The average molecular weight is 341 g/mol. The van der Waals surface area contributed by atoms with Gasteiger partial charge < -0.3 is 15.5 Å². The number of halogens is 3. The van der Waals surface area contributed by atoms with Crippen LogP contribution in [0.25, 0.3) is 0 Å². The minimum atomic E-state index is -4.59. The molecule has 8 heteroatoms. The highest BCUT2D eigenvalue weighted by atomic mass is 19.4. The van der Waals surface area contributed by atoms with Gasteiger partial charge in [0.25, 0.3) is 5.91 Å². The van der Waals surface area contributed by atoms with Gasteiger partial charge >= 0.3 is 6.18 Å². The molecule has 0 unspecified atom stereocenters. The zero-order chi connectivity index (χ0) is 17.5. The normalized spacial score (nSPS) is 23.2. The van der Waals surface area contributed by atoms with Crippen molar-refractivity contribution in [2.24, 2.45) is 11.8 Å². The number of carbonyl (C=O) groups excluding carboxylic acids is 2. The van der Waals surface area contributed by atoms with Crippen LogP contribution in [0.1, 0.15) is 22.8 Å². The van der Waals surface area contributed by atoms with E-state index in [0.717, 1.165) is 25.2 Å². The molecule has 2 fully saturated rings. The van der Waals surface area contributed by atoms with Crippen LogP contribution in [-0.4, -0.2) is 42.9 Å². The van der Waals surface area contributed by atoms with Crippen LogP contribution < -0.4 is 10.6 Å². The van der Waals surface area contributed by atoms with Crippen LogP contribution in [0.2, 0.25) is 0 Å². The minimum absolute atomic E-state index is 0.0262. The van der Waals surface area contributed by atoms with Crippen LogP contribution in [-0.2, 0) is 11.0 Å². The van der Waals surface area contributed by atoms with E-state index in [1.54, 1.807) is 4.90 Å². The van der Waals surface area contributed by atoms with Gasteiger partial charge in [0.15, 0.2) is 0 Å². The summed E-state index contributed by atoms with van der Waals surface area (Å²) in [5.41, 5.74) is -1.03. The molecule has 0 spiro atoms. The number of rotatable bonds is 2. The first-order chi connectivity index (χ1) is 11.2. The second kappa shape index (κ2) is 6.08. The summed E-state index contributed by atoms with van der Waals surface area (Å²) in [6.45, 7) is 3.95. The van der Waals surface area contributed by atoms with Crippen molar-refractivity contribution in [2.45, 2.75) is 13.1 Å². The summed E-state index contributed by atoms with van der Waals surface area (Å²) >= 11 is 0. The predicted octanol–water partition coefficient (Wildman–Crippen LogP) is 1.96. The first-order valence-electron chi connectivity index (χ1n) is 7.74. The highest BCUT2D eigenvalue weighted by Gasteiger charge is 2.39. The van der Waals surface area contributed by atoms with E-state index in [0.29, 0.717) is 24.9 Å². The first-order valence-corrected chi connectivity index (χ1v) is 7.74. The van der Waals surface area contributed by atoms with Crippen LogP contribution in [0.4, 0.5) is 18.9 Å². The zero-order valence-electron chi connectivity index (χ0n) is 13.1. The summed E-state index contributed by atoms with van der Waals surface area (Å²) in [7, 11) is 0. The number of nitrogens with zero attached hydrogens (tertiary/aromatic N) is 1. The number of anilines is 1. The van der Waals surface area contributed by atoms with Gasteiger partial charge in [-0.3, -0.25) is 9.59 Å². The molecule has 5 nitrogen and oxygen atoms in total. The topological polar surface area (TPSA) is 61.4 Å². The van der Waals surface area contributed by atoms with Crippen molar-refractivity contribution in [1.29, 1.82) is 0 Å². The molecule has 2 amide bonds. The van der Waals surface area contributed by atoms with E-state index in [-0.39, 0.29) is 11.3 Å². The SMILES string of the molecule is CC(=O)Nc1cc(C(=O)N2C[C@H]3CNC[C@H]3C2)cc(C(F)(F)F)c1. The molecule has 0 radical (unpaired) electrons. The van der Waals surface area contributed by atoms with Gasteiger partial charge in [0, 0.05) is 44.4 Å². The Morgan fingerprint density at radius 3 is 2.33 bits per heavy atom. The Balaban J connectivity index is 1.88. The molecule has 2 heterocycles. The molecular formula is C16H18F3N3O2. The van der Waals surface area contributed by atoms with Gasteiger partial charge in [0.05, 0.1) is 5.56 Å². The van der Waals surface area contributed by atoms with Crippen LogP contribution in [0.3, 0.4) is 0 Å². The van der Waals surface area contributed by atoms with E-state index in [1.807, 2.05) is 0 Å². The summed E-state index contributed by atoms with van der Waals surface area (Å²) in [5.74, 6) is -0.208. The predicted molar refractivity (Wildman–Crippen MR) is 81.5 cm³/mol. The number of fused-ring (bicyclic) bond motifs is 1. The third-order valence-corrected chi connectivity index (χ3v) is 4.50. The quantitative estimate of drug-likeness (QED) is 0.864. The lowest BCUT2D eigenvalue weighted by Gasteiger charge is -2.19. The van der Waals surface area contributed by atoms with Gasteiger partial charge in [-0.25, -0.2) is 0 Å². The Kier molecular flexibility index (Phi) is 4.25. The standard InChI is InChI=1S/C16H18F3N3O2/c1-9(23)21-14-3-10(2-13(4-14)16(17,18)19)15(24)22-7-11-5-20-6-12(11)8-22/h2-4,11-12,20H,5-8H2,1H3,(H,21,23)/t11-,12+. The van der Waals surface area contributed by atoms with E-state index in [1.165, 1.54) is 13.0 Å². The fourth-order valence-corrected chi connectivity index (χ4v) is 3.39. The van der Waals surface area contributed by atoms with Crippen LogP contribution in [0.15, 0.2) is 18.2 Å². The largest absolute Gasteiger partial charge is 0.416 e. The number of hydrogen-bond acceptors (Lipinski definition) is 3. The van der Waals surface area contributed by atoms with Gasteiger partial charge in [-0.15, -0.1) is 0 Å². The van der Waals surface area contributed by atoms with Crippen molar-refractivity contribution < 1.29 is 22.8 Å². The average Bonchev–Trinajstić information content (AvgIpc) is 3.05. The number of alkyl halides is 3. The molecule has 2 aliphatic rings. The molecule has 0 bridgehead atoms. The number of amides is 2. The summed E-state index contributed by atoms with van der Waals surface area (Å²) in [4.78, 5) is 25.4. The molecule has 1 aromatic carbocycles. The minimum Gasteiger partial charge on any atom is -0.338 e. The Morgan fingerprint density at radius 2 is 1.79 bits per heavy atom. The molecule has 2 N–H and O–H groups in total. The fourth-order valence-electron chi connectivity index (χ4n) is 3.39. The molecular weight excluding hydrogens is 323 g/mol. The summed E-state index contributed by atoms with van der Waals surface area (Å²) < 4.78 is 39.2. The zero-order valence-corrected chi connectivity index (χ0v) is 13.1. The Bertz CT molecular complexity index is 663. The van der Waals surface area contributed by atoms with Gasteiger partial charge in [-0.1, -0.05) is 0 Å². The molecule has 0 aromatic heterocycles. The molecule has 2 atom stereocenters. The number of hydrogen-bond donors (Lipinski definition) is 2. The lowest BCUT2D eigenvalue weighted by molar-refractivity contribution is -0.137. The molecule has 2 saturated heterocycles. The molecule has 1 aromatic rings. The van der Waals surface area contributed by atoms with Crippen LogP contribution in [0.5, 0.6) is 0 Å². The summed E-state index contributed by atoms with van der Waals surface area (Å²) in [6.07, 6.45) is -4.59. The lowest BCUT2D eigenvalue weighted by atomic mass is 10.0. The van der Waals surface area contributed by atoms with E-state index < -0.39 is 23.6 Å². The highest BCUT2D eigenvalue weighted by Crippen LogP contribution is 2.33. The van der Waals surface area contributed by atoms with Crippen molar-refractivity contribution in [3.05, 3.63) is 29.3 Å². The van der Waals surface area contributed by atoms with Gasteiger partial charge in [-0.2, -0.15) is 13.2 Å². The molecule has 2 aliphatic heterocycles. The molecule has 0 aliphatic carbocycles. The maximum Gasteiger partial charge on any atom is 0.416 e. The number of benzene rings is 1. The Morgan fingerprint density at radius 1 is 1.17 bits per heavy atom. The fraction of sp³-hybridized carbons (Fsp3) is 0.500. The van der Waals surface area contributed by atoms with Gasteiger partial charge in [0.2, 0.25) is 5.91 Å². The molecule has 3 rings (SSSR count). The Hall–Kier alpha value is -2.09. The van der Waals surface area contributed by atoms with Crippen molar-refractivity contribution in [2.75, 3.05) is 31.5 Å². The van der Waals surface area contributed by atoms with Gasteiger partial charge in [0.1, 0.15) is 0 Å². The molecule has 130 valence electrons. The van der Waals surface area contributed by atoms with Crippen molar-refractivity contribution >= 4 is 17.5 Å². The molecule has 24 heavy (non-hydrogen) atoms. The van der Waals surface area contributed by atoms with Crippen molar-refractivity contribution in [3.63, 3.8) is 0 Å². The van der Waals surface area contributed by atoms with E-state index in [4.69, 9.17) is 0 Å². The van der Waals surface area contributed by atoms with Gasteiger partial charge in [-0.05, 0) is 30.0 Å². The lowest BCUT2D eigenvalue weighted by Crippen LogP contribution is -2.32. The number of nitrogens with one attached hydrogen (secondary N) is 2. The maximum atomic E-state index is 13.1. The molecule has 0 saturated carbocycles. The third kappa shape index (κ3) is 3.38. The van der Waals surface area contributed by atoms with E-state index in [2.05, 4.69) is 10.6 Å². The second-order valence-electron chi connectivity index (χ2n) is 6.37. The highest BCUT2D eigenvalue weighted by molar-refractivity contribution is 5.97. The first kappa shape index (κ1) is 16.8. The number of likely N-dealkylation sites (tertiary alicyclic amines) is 1. The van der Waals surface area contributed by atoms with Crippen molar-refractivity contribution in [1.82, 2.24) is 10.2 Å². The third-order valence-electron chi connectivity index (χ3n) is 4.50. The van der Waals surface area contributed by atoms with E-state index >= 15 is 0 Å². The maximum absolute atomic E-state index is 13.1. The van der Waals surface area contributed by atoms with Crippen LogP contribution >= 0.6 is 0 Å². The second-order valence-corrected chi connectivity index (χ2v) is 6.37.